The van der Waals surface area contributed by atoms with Crippen LogP contribution in [-0.2, 0) is 4.74 Å². The van der Waals surface area contributed by atoms with Gasteiger partial charge in [0, 0.05) is 38.3 Å². The Bertz CT molecular complexity index is 214. The molecular formula is C14H30N2O2. The fourth-order valence-electron chi connectivity index (χ4n) is 2.48. The zero-order chi connectivity index (χ0) is 13.5. The van der Waals surface area contributed by atoms with Gasteiger partial charge in [-0.2, -0.15) is 0 Å². The molecule has 3 unspecified atom stereocenters. The first-order valence-corrected chi connectivity index (χ1v) is 7.24. The third-order valence-electron chi connectivity index (χ3n) is 3.86. The molecule has 0 saturated carbocycles. The molecule has 1 N–H and O–H groups in total. The molecule has 4 nitrogen and oxygen atoms in total. The van der Waals surface area contributed by atoms with Gasteiger partial charge in [0.05, 0.1) is 12.7 Å². The number of unbranched alkanes of at least 4 members (excludes halogenated alkanes) is 1. The standard InChI is InChI=1S/C14H30N2O2/c1-5-6-7-18-11-14(17)10-16-8-12(2)15(4)13(3)9-16/h12-14,17H,5-11H2,1-4H3. The third kappa shape index (κ3) is 5.22. The van der Waals surface area contributed by atoms with Crippen LogP contribution in [0.4, 0.5) is 0 Å². The number of piperazine rings is 1. The van der Waals surface area contributed by atoms with Gasteiger partial charge >= 0.3 is 0 Å². The number of likely N-dealkylation sites (N-methyl/N-ethyl adjacent to an activating group) is 1. The maximum absolute atomic E-state index is 9.96. The Morgan fingerprint density at radius 3 is 2.44 bits per heavy atom. The predicted molar refractivity (Wildman–Crippen MR) is 74.9 cm³/mol. The number of aliphatic hydroxyl groups excluding tert-OH is 1. The van der Waals surface area contributed by atoms with Crippen molar-refractivity contribution < 1.29 is 9.84 Å². The van der Waals surface area contributed by atoms with Crippen LogP contribution in [-0.4, -0.2) is 73.0 Å². The van der Waals surface area contributed by atoms with Crippen LogP contribution >= 0.6 is 0 Å². The highest BCUT2D eigenvalue weighted by molar-refractivity contribution is 4.83. The minimum absolute atomic E-state index is 0.357. The van der Waals surface area contributed by atoms with Gasteiger partial charge in [-0.25, -0.2) is 0 Å². The maximum Gasteiger partial charge on any atom is 0.0900 e. The summed E-state index contributed by atoms with van der Waals surface area (Å²) in [5.74, 6) is 0. The molecule has 1 aliphatic heterocycles. The van der Waals surface area contributed by atoms with Crippen LogP contribution in [0.3, 0.4) is 0 Å². The van der Waals surface area contributed by atoms with Crippen molar-refractivity contribution in [1.82, 2.24) is 9.80 Å². The van der Waals surface area contributed by atoms with E-state index in [0.29, 0.717) is 18.7 Å². The molecule has 0 bridgehead atoms. The number of aliphatic hydroxyl groups is 1. The van der Waals surface area contributed by atoms with Gasteiger partial charge in [-0.05, 0) is 27.3 Å². The van der Waals surface area contributed by atoms with E-state index in [2.05, 4.69) is 37.6 Å². The van der Waals surface area contributed by atoms with Gasteiger partial charge < -0.3 is 9.84 Å². The summed E-state index contributed by atoms with van der Waals surface area (Å²) in [6.45, 7) is 10.7. The predicted octanol–water partition coefficient (Wildman–Crippen LogP) is 1.19. The van der Waals surface area contributed by atoms with E-state index in [0.717, 1.165) is 39.1 Å². The van der Waals surface area contributed by atoms with Crippen molar-refractivity contribution in [3.05, 3.63) is 0 Å². The van der Waals surface area contributed by atoms with Crippen LogP contribution in [0, 0.1) is 0 Å². The molecule has 0 aromatic heterocycles. The van der Waals surface area contributed by atoms with E-state index in [4.69, 9.17) is 4.74 Å². The molecule has 18 heavy (non-hydrogen) atoms. The number of hydrogen-bond donors (Lipinski definition) is 1. The molecule has 1 rings (SSSR count). The van der Waals surface area contributed by atoms with Crippen molar-refractivity contribution in [3.8, 4) is 0 Å². The number of ether oxygens (including phenoxy) is 1. The van der Waals surface area contributed by atoms with Gasteiger partial charge in [-0.15, -0.1) is 0 Å². The van der Waals surface area contributed by atoms with Crippen LogP contribution in [0.1, 0.15) is 33.6 Å². The molecule has 0 radical (unpaired) electrons. The molecule has 1 heterocycles. The van der Waals surface area contributed by atoms with Crippen molar-refractivity contribution in [1.29, 1.82) is 0 Å². The second kappa shape index (κ2) is 8.10. The quantitative estimate of drug-likeness (QED) is 0.696. The van der Waals surface area contributed by atoms with E-state index >= 15 is 0 Å². The van der Waals surface area contributed by atoms with E-state index in [-0.39, 0.29) is 6.10 Å². The van der Waals surface area contributed by atoms with Crippen molar-refractivity contribution in [2.75, 3.05) is 39.9 Å². The van der Waals surface area contributed by atoms with Gasteiger partial charge in [0.15, 0.2) is 0 Å². The van der Waals surface area contributed by atoms with Crippen molar-refractivity contribution in [2.45, 2.75) is 51.8 Å². The Balaban J connectivity index is 2.21. The van der Waals surface area contributed by atoms with E-state index < -0.39 is 0 Å². The van der Waals surface area contributed by atoms with Crippen LogP contribution in [0.5, 0.6) is 0 Å². The highest BCUT2D eigenvalue weighted by Gasteiger charge is 2.27. The maximum atomic E-state index is 9.96. The minimum Gasteiger partial charge on any atom is -0.389 e. The molecule has 108 valence electrons. The van der Waals surface area contributed by atoms with Gasteiger partial charge in [0.1, 0.15) is 0 Å². The second-order valence-corrected chi connectivity index (χ2v) is 5.66. The summed E-state index contributed by atoms with van der Waals surface area (Å²) in [6, 6.07) is 1.11. The molecule has 1 fully saturated rings. The smallest absolute Gasteiger partial charge is 0.0900 e. The van der Waals surface area contributed by atoms with E-state index in [1.807, 2.05) is 0 Å². The largest absolute Gasteiger partial charge is 0.389 e. The summed E-state index contributed by atoms with van der Waals surface area (Å²) in [5.41, 5.74) is 0. The summed E-state index contributed by atoms with van der Waals surface area (Å²) in [7, 11) is 2.18. The number of β-amino-alcohol motifs (C(OH)–C–C–N with tert-alkyl or cyclic N) is 1. The average molecular weight is 258 g/mol. The molecule has 0 aromatic rings. The Labute approximate surface area is 112 Å². The Hall–Kier alpha value is -0.160. The second-order valence-electron chi connectivity index (χ2n) is 5.66. The highest BCUT2D eigenvalue weighted by Crippen LogP contribution is 2.13. The summed E-state index contributed by atoms with van der Waals surface area (Å²) in [4.78, 5) is 4.75. The van der Waals surface area contributed by atoms with Crippen LogP contribution in [0.2, 0.25) is 0 Å². The molecule has 0 amide bonds. The summed E-state index contributed by atoms with van der Waals surface area (Å²) in [5, 5.41) is 9.96. The molecule has 1 saturated heterocycles. The monoisotopic (exact) mass is 258 g/mol. The first kappa shape index (κ1) is 15.9. The van der Waals surface area contributed by atoms with Gasteiger partial charge in [-0.3, -0.25) is 9.80 Å². The number of nitrogens with zero attached hydrogens (tertiary/aromatic N) is 2. The molecular weight excluding hydrogens is 228 g/mol. The zero-order valence-electron chi connectivity index (χ0n) is 12.4. The molecule has 0 aliphatic carbocycles. The SMILES string of the molecule is CCCCOCC(O)CN1CC(C)N(C)C(C)C1. The van der Waals surface area contributed by atoms with E-state index in [1.165, 1.54) is 0 Å². The highest BCUT2D eigenvalue weighted by atomic mass is 16.5. The summed E-state index contributed by atoms with van der Waals surface area (Å²) in [6.07, 6.45) is 1.86. The van der Waals surface area contributed by atoms with E-state index in [1.54, 1.807) is 0 Å². The molecule has 3 atom stereocenters. The fraction of sp³-hybridized carbons (Fsp3) is 1.00. The van der Waals surface area contributed by atoms with Crippen molar-refractivity contribution in [3.63, 3.8) is 0 Å². The van der Waals surface area contributed by atoms with Crippen LogP contribution in [0.25, 0.3) is 0 Å². The Kier molecular flexibility index (Phi) is 7.15. The number of rotatable bonds is 7. The summed E-state index contributed by atoms with van der Waals surface area (Å²) >= 11 is 0. The lowest BCUT2D eigenvalue weighted by Gasteiger charge is -2.43. The lowest BCUT2D eigenvalue weighted by molar-refractivity contribution is -0.00916. The van der Waals surface area contributed by atoms with Crippen LogP contribution in [0.15, 0.2) is 0 Å². The summed E-state index contributed by atoms with van der Waals surface area (Å²) < 4.78 is 5.47. The van der Waals surface area contributed by atoms with Gasteiger partial charge in [-0.1, -0.05) is 13.3 Å². The van der Waals surface area contributed by atoms with Crippen molar-refractivity contribution >= 4 is 0 Å². The molecule has 1 aliphatic rings. The van der Waals surface area contributed by atoms with E-state index in [9.17, 15) is 5.11 Å². The van der Waals surface area contributed by atoms with Gasteiger partial charge in [0.2, 0.25) is 0 Å². The Morgan fingerprint density at radius 2 is 1.89 bits per heavy atom. The molecule has 4 heteroatoms. The lowest BCUT2D eigenvalue weighted by Crippen LogP contribution is -2.56. The normalized spacial score (nSPS) is 28.5. The zero-order valence-corrected chi connectivity index (χ0v) is 12.4. The number of hydrogen-bond acceptors (Lipinski definition) is 4. The fourth-order valence-corrected chi connectivity index (χ4v) is 2.48. The van der Waals surface area contributed by atoms with Crippen LogP contribution < -0.4 is 0 Å². The molecule has 0 spiro atoms. The first-order chi connectivity index (χ1) is 8.54. The van der Waals surface area contributed by atoms with Crippen molar-refractivity contribution in [2.24, 2.45) is 0 Å². The topological polar surface area (TPSA) is 35.9 Å². The average Bonchev–Trinajstić information content (AvgIpc) is 2.31. The Morgan fingerprint density at radius 1 is 1.28 bits per heavy atom. The first-order valence-electron chi connectivity index (χ1n) is 7.24. The molecule has 0 aromatic carbocycles. The lowest BCUT2D eigenvalue weighted by atomic mass is 10.1. The minimum atomic E-state index is -0.357. The third-order valence-corrected chi connectivity index (χ3v) is 3.86. The van der Waals surface area contributed by atoms with Gasteiger partial charge in [0.25, 0.3) is 0 Å².